The number of alkyl halides is 1. The molecule has 2 rings (SSSR count). The predicted octanol–water partition coefficient (Wildman–Crippen LogP) is 2.14. The van der Waals surface area contributed by atoms with Crippen molar-refractivity contribution in [3.63, 3.8) is 0 Å². The summed E-state index contributed by atoms with van der Waals surface area (Å²) in [7, 11) is 0. The Morgan fingerprint density at radius 3 is 2.87 bits per heavy atom. The fraction of sp³-hybridized carbons (Fsp3) is 0.182. The van der Waals surface area contributed by atoms with E-state index in [9.17, 15) is 9.18 Å². The van der Waals surface area contributed by atoms with Crippen molar-refractivity contribution in [3.05, 3.63) is 40.8 Å². The van der Waals surface area contributed by atoms with Crippen molar-refractivity contribution in [2.45, 2.75) is 0 Å². The third kappa shape index (κ3) is 2.15. The van der Waals surface area contributed by atoms with Gasteiger partial charge in [-0.05, 0) is 18.2 Å². The van der Waals surface area contributed by atoms with Gasteiger partial charge in [-0.2, -0.15) is 0 Å². The second-order valence-electron chi connectivity index (χ2n) is 2.99. The number of rotatable bonds is 3. The van der Waals surface area contributed by atoms with Gasteiger partial charge in [-0.3, -0.25) is 0 Å². The molecule has 0 saturated heterocycles. The first kappa shape index (κ1) is 9.71. The van der Waals surface area contributed by atoms with Crippen LogP contribution in [0, 0.1) is 0 Å². The van der Waals surface area contributed by atoms with Crippen LogP contribution in [0.2, 0.25) is 0 Å². The van der Waals surface area contributed by atoms with Gasteiger partial charge >= 0.3 is 5.63 Å². The molecular formula is C11H9FO3. The van der Waals surface area contributed by atoms with Crippen molar-refractivity contribution in [2.24, 2.45) is 0 Å². The Kier molecular flexibility index (Phi) is 2.67. The Hall–Kier alpha value is -1.84. The van der Waals surface area contributed by atoms with E-state index >= 15 is 0 Å². The van der Waals surface area contributed by atoms with Crippen LogP contribution < -0.4 is 10.4 Å². The van der Waals surface area contributed by atoms with Crippen molar-refractivity contribution < 1.29 is 13.5 Å². The highest BCUT2D eigenvalue weighted by Crippen LogP contribution is 2.19. The molecule has 0 saturated carbocycles. The van der Waals surface area contributed by atoms with Crippen LogP contribution >= 0.6 is 0 Å². The van der Waals surface area contributed by atoms with Crippen LogP contribution in [0.25, 0.3) is 11.0 Å². The first-order valence-electron chi connectivity index (χ1n) is 4.52. The summed E-state index contributed by atoms with van der Waals surface area (Å²) in [6, 6.07) is 8.06. The summed E-state index contributed by atoms with van der Waals surface area (Å²) in [5.74, 6) is 0.495. The zero-order chi connectivity index (χ0) is 10.7. The molecule has 1 aromatic carbocycles. The SMILES string of the molecule is O=c1ccc2ccc(OCCF)cc2o1. The molecule has 2 aromatic rings. The van der Waals surface area contributed by atoms with E-state index in [1.165, 1.54) is 6.07 Å². The van der Waals surface area contributed by atoms with Crippen molar-refractivity contribution in [1.29, 1.82) is 0 Å². The Morgan fingerprint density at radius 2 is 2.07 bits per heavy atom. The zero-order valence-electron chi connectivity index (χ0n) is 7.90. The van der Waals surface area contributed by atoms with Crippen LogP contribution in [0.5, 0.6) is 5.75 Å². The molecule has 3 nitrogen and oxygen atoms in total. The Bertz CT molecular complexity index is 518. The number of hydrogen-bond acceptors (Lipinski definition) is 3. The van der Waals surface area contributed by atoms with Crippen LogP contribution in [0.1, 0.15) is 0 Å². The van der Waals surface area contributed by atoms with Crippen molar-refractivity contribution in [3.8, 4) is 5.75 Å². The summed E-state index contributed by atoms with van der Waals surface area (Å²) in [6.07, 6.45) is 0. The second-order valence-corrected chi connectivity index (χ2v) is 2.99. The molecule has 0 fully saturated rings. The summed E-state index contributed by atoms with van der Waals surface area (Å²) in [4.78, 5) is 10.9. The summed E-state index contributed by atoms with van der Waals surface area (Å²) < 4.78 is 21.9. The minimum Gasteiger partial charge on any atom is -0.491 e. The number of fused-ring (bicyclic) bond motifs is 1. The number of halogens is 1. The largest absolute Gasteiger partial charge is 0.491 e. The van der Waals surface area contributed by atoms with E-state index < -0.39 is 12.3 Å². The highest BCUT2D eigenvalue weighted by atomic mass is 19.1. The highest BCUT2D eigenvalue weighted by molar-refractivity contribution is 5.77. The first-order valence-corrected chi connectivity index (χ1v) is 4.52. The van der Waals surface area contributed by atoms with Gasteiger partial charge in [0, 0.05) is 17.5 Å². The molecule has 1 heterocycles. The summed E-state index contributed by atoms with van der Waals surface area (Å²) in [5.41, 5.74) is 0.0315. The van der Waals surface area contributed by atoms with Gasteiger partial charge in [0.05, 0.1) is 0 Å². The maximum Gasteiger partial charge on any atom is 0.336 e. The Balaban J connectivity index is 2.40. The molecule has 0 spiro atoms. The van der Waals surface area contributed by atoms with Crippen molar-refractivity contribution in [2.75, 3.05) is 13.3 Å². The quantitative estimate of drug-likeness (QED) is 0.725. The standard InChI is InChI=1S/C11H9FO3/c12-5-6-14-9-3-1-8-2-4-11(13)15-10(8)7-9/h1-4,7H,5-6H2. The fourth-order valence-corrected chi connectivity index (χ4v) is 1.29. The molecule has 0 unspecified atom stereocenters. The maximum absolute atomic E-state index is 11.9. The lowest BCUT2D eigenvalue weighted by molar-refractivity contribution is 0.273. The molecule has 0 N–H and O–H groups in total. The summed E-state index contributed by atoms with van der Waals surface area (Å²) in [6.45, 7) is -0.542. The molecule has 78 valence electrons. The molecular weight excluding hydrogens is 199 g/mol. The molecule has 0 aliphatic carbocycles. The lowest BCUT2D eigenvalue weighted by atomic mass is 10.2. The number of hydrogen-bond donors (Lipinski definition) is 0. The van der Waals surface area contributed by atoms with Crippen LogP contribution in [0.15, 0.2) is 39.5 Å². The number of ether oxygens (including phenoxy) is 1. The monoisotopic (exact) mass is 208 g/mol. The fourth-order valence-electron chi connectivity index (χ4n) is 1.29. The maximum atomic E-state index is 11.9. The molecule has 0 radical (unpaired) electrons. The lowest BCUT2D eigenvalue weighted by Crippen LogP contribution is -1.99. The first-order chi connectivity index (χ1) is 7.29. The van der Waals surface area contributed by atoms with Crippen LogP contribution in [0.4, 0.5) is 4.39 Å². The van der Waals surface area contributed by atoms with Gasteiger partial charge in [0.25, 0.3) is 0 Å². The lowest BCUT2D eigenvalue weighted by Gasteiger charge is -2.03. The van der Waals surface area contributed by atoms with Gasteiger partial charge in [-0.25, -0.2) is 9.18 Å². The summed E-state index contributed by atoms with van der Waals surface area (Å²) in [5, 5.41) is 0.808. The molecule has 0 atom stereocenters. The molecule has 0 amide bonds. The topological polar surface area (TPSA) is 39.4 Å². The van der Waals surface area contributed by atoms with E-state index in [4.69, 9.17) is 9.15 Å². The van der Waals surface area contributed by atoms with E-state index in [0.29, 0.717) is 11.3 Å². The third-order valence-corrected chi connectivity index (χ3v) is 1.94. The molecule has 0 aliphatic rings. The molecule has 15 heavy (non-hydrogen) atoms. The smallest absolute Gasteiger partial charge is 0.336 e. The second kappa shape index (κ2) is 4.13. The van der Waals surface area contributed by atoms with Crippen LogP contribution in [-0.2, 0) is 0 Å². The molecule has 1 aromatic heterocycles. The van der Waals surface area contributed by atoms with E-state index in [1.54, 1.807) is 24.3 Å². The van der Waals surface area contributed by atoms with E-state index in [1.807, 2.05) is 0 Å². The minimum absolute atomic E-state index is 0.00255. The average Bonchev–Trinajstić information content (AvgIpc) is 2.25. The van der Waals surface area contributed by atoms with Gasteiger partial charge in [-0.15, -0.1) is 0 Å². The Labute approximate surface area is 85.1 Å². The van der Waals surface area contributed by atoms with E-state index in [-0.39, 0.29) is 6.61 Å². The third-order valence-electron chi connectivity index (χ3n) is 1.94. The molecule has 0 bridgehead atoms. The van der Waals surface area contributed by atoms with Gasteiger partial charge < -0.3 is 9.15 Å². The van der Waals surface area contributed by atoms with Crippen LogP contribution in [-0.4, -0.2) is 13.3 Å². The Morgan fingerprint density at radius 1 is 1.27 bits per heavy atom. The predicted molar refractivity (Wildman–Crippen MR) is 54.0 cm³/mol. The van der Waals surface area contributed by atoms with Crippen LogP contribution in [0.3, 0.4) is 0 Å². The highest BCUT2D eigenvalue weighted by Gasteiger charge is 1.99. The molecule has 0 aliphatic heterocycles. The van der Waals surface area contributed by atoms with Gasteiger partial charge in [0.15, 0.2) is 0 Å². The van der Waals surface area contributed by atoms with Gasteiger partial charge in [0.2, 0.25) is 0 Å². The van der Waals surface area contributed by atoms with Crippen molar-refractivity contribution >= 4 is 11.0 Å². The summed E-state index contributed by atoms with van der Waals surface area (Å²) >= 11 is 0. The molecule has 4 heteroatoms. The van der Waals surface area contributed by atoms with E-state index in [0.717, 1.165) is 5.39 Å². The zero-order valence-corrected chi connectivity index (χ0v) is 7.90. The minimum atomic E-state index is -0.545. The average molecular weight is 208 g/mol. The van der Waals surface area contributed by atoms with E-state index in [2.05, 4.69) is 0 Å². The normalized spacial score (nSPS) is 10.5. The van der Waals surface area contributed by atoms with Gasteiger partial charge in [-0.1, -0.05) is 0 Å². The van der Waals surface area contributed by atoms with Gasteiger partial charge in [0.1, 0.15) is 24.6 Å². The van der Waals surface area contributed by atoms with Crippen molar-refractivity contribution in [1.82, 2.24) is 0 Å². The number of benzene rings is 1.